The Morgan fingerprint density at radius 2 is 2.25 bits per heavy atom. The molecular formula is C15H20N6O2S. The second-order valence-electron chi connectivity index (χ2n) is 5.69. The van der Waals surface area contributed by atoms with Crippen molar-refractivity contribution in [2.45, 2.75) is 32.1 Å². The van der Waals surface area contributed by atoms with Gasteiger partial charge in [-0.2, -0.15) is 4.68 Å². The largest absolute Gasteiger partial charge is 0.351 e. The van der Waals surface area contributed by atoms with Crippen molar-refractivity contribution in [2.24, 2.45) is 0 Å². The zero-order valence-corrected chi connectivity index (χ0v) is 14.2. The Hall–Kier alpha value is -2.29. The van der Waals surface area contributed by atoms with Crippen molar-refractivity contribution >= 4 is 23.2 Å². The van der Waals surface area contributed by atoms with Crippen molar-refractivity contribution in [3.8, 4) is 5.69 Å². The Kier molecular flexibility index (Phi) is 5.52. The van der Waals surface area contributed by atoms with Gasteiger partial charge in [0.25, 0.3) is 5.91 Å². The third-order valence-electron chi connectivity index (χ3n) is 4.01. The molecule has 24 heavy (non-hydrogen) atoms. The van der Waals surface area contributed by atoms with Crippen molar-refractivity contribution in [3.05, 3.63) is 22.7 Å². The molecule has 128 valence electrons. The molecule has 0 aromatic carbocycles. The SMILES string of the molecule is O=C(NCCCN1CCCCCC1=O)c1sccc1-n1cnnn1. The lowest BCUT2D eigenvalue weighted by atomic mass is 10.2. The number of rotatable bonds is 6. The molecule has 8 nitrogen and oxygen atoms in total. The topological polar surface area (TPSA) is 93.0 Å². The first kappa shape index (κ1) is 16.6. The highest BCUT2D eigenvalue weighted by Gasteiger charge is 2.17. The molecule has 3 heterocycles. The van der Waals surface area contributed by atoms with Crippen LogP contribution in [-0.2, 0) is 4.79 Å². The number of nitrogens with zero attached hydrogens (tertiary/aromatic N) is 5. The van der Waals surface area contributed by atoms with Gasteiger partial charge in [-0.25, -0.2) is 0 Å². The lowest BCUT2D eigenvalue weighted by Gasteiger charge is -2.20. The molecule has 1 saturated heterocycles. The van der Waals surface area contributed by atoms with Gasteiger partial charge in [0.2, 0.25) is 5.91 Å². The van der Waals surface area contributed by atoms with E-state index in [0.717, 1.165) is 32.2 Å². The van der Waals surface area contributed by atoms with Gasteiger partial charge < -0.3 is 10.2 Å². The first-order valence-electron chi connectivity index (χ1n) is 8.12. The van der Waals surface area contributed by atoms with Crippen LogP contribution in [0.5, 0.6) is 0 Å². The Bertz CT molecular complexity index is 684. The number of hydrogen-bond acceptors (Lipinski definition) is 6. The molecule has 9 heteroatoms. The molecule has 0 atom stereocenters. The van der Waals surface area contributed by atoms with Crippen LogP contribution in [0.15, 0.2) is 17.8 Å². The molecule has 0 spiro atoms. The van der Waals surface area contributed by atoms with Gasteiger partial charge in [0.05, 0.1) is 5.69 Å². The molecule has 0 unspecified atom stereocenters. The molecular weight excluding hydrogens is 328 g/mol. The van der Waals surface area contributed by atoms with Crippen LogP contribution < -0.4 is 5.32 Å². The molecule has 0 radical (unpaired) electrons. The Balaban J connectivity index is 1.48. The van der Waals surface area contributed by atoms with Crippen LogP contribution in [0.1, 0.15) is 41.8 Å². The van der Waals surface area contributed by atoms with E-state index in [0.29, 0.717) is 30.1 Å². The number of tetrazole rings is 1. The summed E-state index contributed by atoms with van der Waals surface area (Å²) in [4.78, 5) is 26.7. The number of aromatic nitrogens is 4. The van der Waals surface area contributed by atoms with Crippen molar-refractivity contribution in [2.75, 3.05) is 19.6 Å². The van der Waals surface area contributed by atoms with E-state index < -0.39 is 0 Å². The van der Waals surface area contributed by atoms with Crippen LogP contribution in [0.3, 0.4) is 0 Å². The fourth-order valence-corrected chi connectivity index (χ4v) is 3.55. The number of amides is 2. The van der Waals surface area contributed by atoms with Crippen LogP contribution in [0, 0.1) is 0 Å². The zero-order chi connectivity index (χ0) is 16.8. The van der Waals surface area contributed by atoms with Crippen LogP contribution >= 0.6 is 11.3 Å². The smallest absolute Gasteiger partial charge is 0.263 e. The fraction of sp³-hybridized carbons (Fsp3) is 0.533. The van der Waals surface area contributed by atoms with E-state index in [9.17, 15) is 9.59 Å². The highest BCUT2D eigenvalue weighted by atomic mass is 32.1. The average molecular weight is 348 g/mol. The maximum atomic E-state index is 12.3. The highest BCUT2D eigenvalue weighted by Crippen LogP contribution is 2.19. The summed E-state index contributed by atoms with van der Waals surface area (Å²) in [6, 6.07) is 1.81. The van der Waals surface area contributed by atoms with E-state index in [1.807, 2.05) is 16.3 Å². The van der Waals surface area contributed by atoms with Gasteiger partial charge in [0, 0.05) is 26.1 Å². The van der Waals surface area contributed by atoms with E-state index in [1.165, 1.54) is 22.3 Å². The monoisotopic (exact) mass is 348 g/mol. The molecule has 0 aliphatic carbocycles. The molecule has 2 aromatic heterocycles. The summed E-state index contributed by atoms with van der Waals surface area (Å²) in [7, 11) is 0. The lowest BCUT2D eigenvalue weighted by molar-refractivity contribution is -0.130. The van der Waals surface area contributed by atoms with Gasteiger partial charge >= 0.3 is 0 Å². The summed E-state index contributed by atoms with van der Waals surface area (Å²) in [6.45, 7) is 2.07. The zero-order valence-electron chi connectivity index (χ0n) is 13.3. The van der Waals surface area contributed by atoms with E-state index in [4.69, 9.17) is 0 Å². The van der Waals surface area contributed by atoms with Gasteiger partial charge in [-0.1, -0.05) is 6.42 Å². The summed E-state index contributed by atoms with van der Waals surface area (Å²) >= 11 is 1.35. The standard InChI is InChI=1S/C15H20N6O2S/c22-13-5-2-1-3-8-20(13)9-4-7-16-15(23)14-12(6-10-24-14)21-11-17-18-19-21/h6,10-11H,1-5,7-9H2,(H,16,23). The van der Waals surface area contributed by atoms with Crippen LogP contribution in [-0.4, -0.2) is 56.6 Å². The summed E-state index contributed by atoms with van der Waals surface area (Å²) < 4.78 is 1.47. The summed E-state index contributed by atoms with van der Waals surface area (Å²) in [5, 5.41) is 15.7. The number of nitrogens with one attached hydrogen (secondary N) is 1. The van der Waals surface area contributed by atoms with Gasteiger partial charge in [-0.05, 0) is 41.1 Å². The van der Waals surface area contributed by atoms with E-state index in [2.05, 4.69) is 20.8 Å². The third kappa shape index (κ3) is 3.97. The minimum atomic E-state index is -0.141. The van der Waals surface area contributed by atoms with Gasteiger partial charge in [0.1, 0.15) is 11.2 Å². The maximum Gasteiger partial charge on any atom is 0.263 e. The third-order valence-corrected chi connectivity index (χ3v) is 4.91. The molecule has 0 bridgehead atoms. The van der Waals surface area contributed by atoms with Crippen LogP contribution in [0.4, 0.5) is 0 Å². The Labute approximate surface area is 143 Å². The Morgan fingerprint density at radius 1 is 1.33 bits per heavy atom. The second kappa shape index (κ2) is 8.00. The second-order valence-corrected chi connectivity index (χ2v) is 6.61. The molecule has 0 saturated carbocycles. The number of carbonyl (C=O) groups excluding carboxylic acids is 2. The molecule has 3 rings (SSSR count). The van der Waals surface area contributed by atoms with Gasteiger partial charge in [0.15, 0.2) is 0 Å². The van der Waals surface area contributed by atoms with Crippen molar-refractivity contribution in [3.63, 3.8) is 0 Å². The van der Waals surface area contributed by atoms with E-state index in [-0.39, 0.29) is 11.8 Å². The summed E-state index contributed by atoms with van der Waals surface area (Å²) in [5.74, 6) is 0.0933. The predicted octanol–water partition coefficient (Wildman–Crippen LogP) is 1.25. The molecule has 1 aliphatic heterocycles. The highest BCUT2D eigenvalue weighted by molar-refractivity contribution is 7.12. The predicted molar refractivity (Wildman–Crippen MR) is 89.0 cm³/mol. The molecule has 1 fully saturated rings. The summed E-state index contributed by atoms with van der Waals surface area (Å²) in [5.41, 5.74) is 0.671. The van der Waals surface area contributed by atoms with E-state index in [1.54, 1.807) is 0 Å². The van der Waals surface area contributed by atoms with Crippen LogP contribution in [0.2, 0.25) is 0 Å². The first-order chi connectivity index (χ1) is 11.8. The Morgan fingerprint density at radius 3 is 3.08 bits per heavy atom. The van der Waals surface area contributed by atoms with Gasteiger partial charge in [-0.3, -0.25) is 9.59 Å². The summed E-state index contributed by atoms with van der Waals surface area (Å²) in [6.07, 6.45) is 6.05. The molecule has 1 N–H and O–H groups in total. The minimum absolute atomic E-state index is 0.141. The average Bonchev–Trinajstić information content (AvgIpc) is 3.22. The minimum Gasteiger partial charge on any atom is -0.351 e. The van der Waals surface area contributed by atoms with Crippen molar-refractivity contribution in [1.82, 2.24) is 30.4 Å². The first-order valence-corrected chi connectivity index (χ1v) is 9.00. The number of likely N-dealkylation sites (tertiary alicyclic amines) is 1. The molecule has 1 aliphatic rings. The van der Waals surface area contributed by atoms with E-state index >= 15 is 0 Å². The normalized spacial score (nSPS) is 15.3. The molecule has 2 amide bonds. The fourth-order valence-electron chi connectivity index (χ4n) is 2.75. The quantitative estimate of drug-likeness (QED) is 0.793. The maximum absolute atomic E-state index is 12.3. The number of thiophene rings is 1. The van der Waals surface area contributed by atoms with Crippen LogP contribution in [0.25, 0.3) is 5.69 Å². The number of carbonyl (C=O) groups is 2. The number of hydrogen-bond donors (Lipinski definition) is 1. The van der Waals surface area contributed by atoms with Crippen molar-refractivity contribution < 1.29 is 9.59 Å². The van der Waals surface area contributed by atoms with Crippen molar-refractivity contribution in [1.29, 1.82) is 0 Å². The van der Waals surface area contributed by atoms with Gasteiger partial charge in [-0.15, -0.1) is 16.4 Å². The molecule has 2 aromatic rings. The lowest BCUT2D eigenvalue weighted by Crippen LogP contribution is -2.34.